The maximum atomic E-state index is 13.4. The van der Waals surface area contributed by atoms with Crippen molar-refractivity contribution in [3.8, 4) is 22.9 Å². The molecule has 2 aliphatic heterocycles. The van der Waals surface area contributed by atoms with Gasteiger partial charge in [0.1, 0.15) is 16.9 Å². The first-order valence-corrected chi connectivity index (χ1v) is 19.2. The number of ether oxygens (including phenoxy) is 2. The highest BCUT2D eigenvalue weighted by molar-refractivity contribution is 6.37. The Bertz CT molecular complexity index is 2030. The maximum Gasteiger partial charge on any atom is 0.258 e. The average Bonchev–Trinajstić information content (AvgIpc) is 3.90. The van der Waals surface area contributed by atoms with Crippen LogP contribution in [-0.2, 0) is 29.1 Å². The second-order valence-corrected chi connectivity index (χ2v) is 14.5. The van der Waals surface area contributed by atoms with Crippen molar-refractivity contribution in [2.45, 2.75) is 76.7 Å². The number of pyridine rings is 2. The van der Waals surface area contributed by atoms with Crippen LogP contribution in [0.15, 0.2) is 60.8 Å². The number of nitrogens with zero attached hydrogens (tertiary/aromatic N) is 2. The number of fused-ring (bicyclic) bond motifs is 1. The Morgan fingerprint density at radius 1 is 0.870 bits per heavy atom. The number of rotatable bonds is 15. The summed E-state index contributed by atoms with van der Waals surface area (Å²) in [5, 5.41) is 16.2. The first-order valence-electron chi connectivity index (χ1n) is 18.4. The van der Waals surface area contributed by atoms with Gasteiger partial charge in [-0.05, 0) is 73.1 Å². The van der Waals surface area contributed by atoms with Crippen LogP contribution in [0.5, 0.6) is 11.8 Å². The molecule has 1 aliphatic carbocycles. The molecule has 12 nitrogen and oxygen atoms in total. The van der Waals surface area contributed by atoms with Crippen molar-refractivity contribution in [1.29, 1.82) is 0 Å². The summed E-state index contributed by atoms with van der Waals surface area (Å²) in [6.45, 7) is 4.73. The average molecular weight is 773 g/mol. The number of hydrogen-bond acceptors (Lipinski definition) is 9. The van der Waals surface area contributed by atoms with E-state index in [1.54, 1.807) is 18.3 Å². The number of carbonyl (C=O) groups excluding carboxylic acids is 3. The molecular weight excluding hydrogens is 729 g/mol. The lowest BCUT2D eigenvalue weighted by molar-refractivity contribution is -0.120. The number of amides is 3. The Morgan fingerprint density at radius 3 is 2.28 bits per heavy atom. The molecule has 3 atom stereocenters. The quantitative estimate of drug-likeness (QED) is 0.0993. The third kappa shape index (κ3) is 8.79. The highest BCUT2D eigenvalue weighted by atomic mass is 35.5. The summed E-state index contributed by atoms with van der Waals surface area (Å²) >= 11 is 13.7. The summed E-state index contributed by atoms with van der Waals surface area (Å²) in [5.41, 5.74) is 5.88. The molecule has 14 heteroatoms. The van der Waals surface area contributed by atoms with Crippen LogP contribution in [0, 0.1) is 0 Å². The lowest BCUT2D eigenvalue weighted by Gasteiger charge is -2.19. The van der Waals surface area contributed by atoms with E-state index in [2.05, 4.69) is 36.6 Å². The van der Waals surface area contributed by atoms with Gasteiger partial charge in [-0.25, -0.2) is 4.98 Å². The summed E-state index contributed by atoms with van der Waals surface area (Å²) in [5.74, 6) is 0.974. The van der Waals surface area contributed by atoms with E-state index in [0.29, 0.717) is 85.2 Å². The first-order chi connectivity index (χ1) is 26.2. The van der Waals surface area contributed by atoms with Gasteiger partial charge in [-0.2, -0.15) is 4.98 Å². The second kappa shape index (κ2) is 17.2. The third-order valence-corrected chi connectivity index (χ3v) is 10.6. The topological polar surface area (TPSA) is 156 Å². The summed E-state index contributed by atoms with van der Waals surface area (Å²) in [6, 6.07) is 17.2. The highest BCUT2D eigenvalue weighted by Gasteiger charge is 2.29. The van der Waals surface area contributed by atoms with E-state index in [-0.39, 0.29) is 35.9 Å². The fourth-order valence-electron chi connectivity index (χ4n) is 7.23. The maximum absolute atomic E-state index is 13.4. The molecule has 0 saturated carbocycles. The van der Waals surface area contributed by atoms with Crippen LogP contribution in [-0.4, -0.2) is 59.5 Å². The van der Waals surface area contributed by atoms with Gasteiger partial charge in [-0.1, -0.05) is 59.6 Å². The van der Waals surface area contributed by atoms with Crippen molar-refractivity contribution in [2.75, 3.05) is 25.0 Å². The van der Waals surface area contributed by atoms with Gasteiger partial charge in [0.2, 0.25) is 23.6 Å². The van der Waals surface area contributed by atoms with Crippen molar-refractivity contribution in [2.24, 2.45) is 0 Å². The Morgan fingerprint density at radius 2 is 1.59 bits per heavy atom. The smallest absolute Gasteiger partial charge is 0.258 e. The van der Waals surface area contributed by atoms with Crippen LogP contribution in [0.3, 0.4) is 0 Å². The molecule has 282 valence electrons. The van der Waals surface area contributed by atoms with Crippen LogP contribution >= 0.6 is 23.2 Å². The van der Waals surface area contributed by atoms with Gasteiger partial charge in [0, 0.05) is 68.4 Å². The number of carbonyl (C=O) groups is 3. The number of anilines is 1. The molecule has 54 heavy (non-hydrogen) atoms. The van der Waals surface area contributed by atoms with Crippen LogP contribution < -0.4 is 36.1 Å². The number of aromatic nitrogens is 2. The molecule has 0 unspecified atom stereocenters. The molecular formula is C40H43Cl2N7O5. The largest absolute Gasteiger partial charge is 0.478 e. The van der Waals surface area contributed by atoms with Crippen molar-refractivity contribution in [3.05, 3.63) is 98.7 Å². The Kier molecular flexibility index (Phi) is 11.9. The molecule has 0 radical (unpaired) electrons. The van der Waals surface area contributed by atoms with Crippen LogP contribution in [0.25, 0.3) is 11.1 Å². The molecule has 2 aromatic heterocycles. The van der Waals surface area contributed by atoms with E-state index >= 15 is 0 Å². The second-order valence-electron chi connectivity index (χ2n) is 13.7. The summed E-state index contributed by atoms with van der Waals surface area (Å²) in [6.07, 6.45) is 5.63. The summed E-state index contributed by atoms with van der Waals surface area (Å²) in [7, 11) is 0. The Balaban J connectivity index is 1.01. The van der Waals surface area contributed by atoms with E-state index in [1.807, 2.05) is 49.4 Å². The van der Waals surface area contributed by atoms with Gasteiger partial charge in [-0.3, -0.25) is 14.4 Å². The molecule has 2 saturated heterocycles. The van der Waals surface area contributed by atoms with Crippen LogP contribution in [0.1, 0.15) is 77.7 Å². The van der Waals surface area contributed by atoms with Gasteiger partial charge in [0.05, 0.1) is 17.2 Å². The van der Waals surface area contributed by atoms with Gasteiger partial charge >= 0.3 is 0 Å². The molecule has 2 aromatic carbocycles. The number of nitrogens with one attached hydrogen (secondary N) is 5. The van der Waals surface area contributed by atoms with Crippen molar-refractivity contribution in [3.63, 3.8) is 0 Å². The molecule has 5 N–H and O–H groups in total. The van der Waals surface area contributed by atoms with E-state index in [1.165, 1.54) is 0 Å². The number of halogens is 2. The standard InChI is InChI=1S/C40H43Cl2N7O5/c1-2-53-39-24(20-44-22-26-11-16-36(51)47-26)17-32(41)40(49-39)54-33-13-12-28-27(5-3-6-29(28)33)30-7-4-8-31(37(30)42)38(52)48-34-14-9-23(19-45-34)18-43-21-25-10-15-35(50)46-25/h3-9,14,17,19,25-26,33,43-44H,2,10-13,15-16,18,20-22H2,1H3,(H,46,50)(H,47,51)(H,45,48,52)/t25-,26-,33-/m0/s1. The minimum absolute atomic E-state index is 0.0814. The van der Waals surface area contributed by atoms with Gasteiger partial charge in [-0.15, -0.1) is 0 Å². The molecule has 4 heterocycles. The van der Waals surface area contributed by atoms with Crippen LogP contribution in [0.4, 0.5) is 5.82 Å². The normalized spacial score (nSPS) is 19.0. The van der Waals surface area contributed by atoms with Gasteiger partial charge in [0.15, 0.2) is 0 Å². The zero-order valence-corrected chi connectivity index (χ0v) is 31.5. The zero-order valence-electron chi connectivity index (χ0n) is 30.0. The molecule has 3 aliphatic rings. The zero-order chi connectivity index (χ0) is 37.6. The van der Waals surface area contributed by atoms with E-state index in [4.69, 9.17) is 32.7 Å². The van der Waals surface area contributed by atoms with E-state index in [0.717, 1.165) is 52.6 Å². The fraction of sp³-hybridized carbons (Fsp3) is 0.375. The Hall–Kier alpha value is -4.75. The lowest BCUT2D eigenvalue weighted by atomic mass is 9.95. The van der Waals surface area contributed by atoms with Gasteiger partial charge < -0.3 is 36.1 Å². The first kappa shape index (κ1) is 37.6. The summed E-state index contributed by atoms with van der Waals surface area (Å²) < 4.78 is 12.3. The fourth-order valence-corrected chi connectivity index (χ4v) is 7.76. The lowest BCUT2D eigenvalue weighted by Crippen LogP contribution is -2.35. The summed E-state index contributed by atoms with van der Waals surface area (Å²) in [4.78, 5) is 45.5. The number of benzene rings is 2. The predicted molar refractivity (Wildman–Crippen MR) is 207 cm³/mol. The molecule has 0 spiro atoms. The van der Waals surface area contributed by atoms with E-state index < -0.39 is 0 Å². The van der Waals surface area contributed by atoms with Crippen molar-refractivity contribution >= 4 is 46.7 Å². The minimum atomic E-state index is -0.360. The molecule has 0 bridgehead atoms. The van der Waals surface area contributed by atoms with Crippen LogP contribution in [0.2, 0.25) is 10.0 Å². The third-order valence-electron chi connectivity index (χ3n) is 9.93. The number of hydrogen-bond donors (Lipinski definition) is 5. The molecule has 3 amide bonds. The Labute approximate surface area is 324 Å². The predicted octanol–water partition coefficient (Wildman–Crippen LogP) is 5.90. The van der Waals surface area contributed by atoms with E-state index in [9.17, 15) is 14.4 Å². The monoisotopic (exact) mass is 771 g/mol. The molecule has 2 fully saturated rings. The van der Waals surface area contributed by atoms with Gasteiger partial charge in [0.25, 0.3) is 5.91 Å². The SMILES string of the molecule is CCOc1nc(O[C@H]2CCc3c(-c4cccc(C(=O)Nc5ccc(CNC[C@@H]6CCC(=O)N6)cn5)c4Cl)cccc32)c(Cl)cc1CNC[C@@H]1CCC(=O)N1. The highest BCUT2D eigenvalue weighted by Crippen LogP contribution is 2.43. The minimum Gasteiger partial charge on any atom is -0.478 e. The molecule has 4 aromatic rings. The van der Waals surface area contributed by atoms with Crippen molar-refractivity contribution in [1.82, 2.24) is 31.2 Å². The molecule has 7 rings (SSSR count). The van der Waals surface area contributed by atoms with Crippen molar-refractivity contribution < 1.29 is 23.9 Å².